The number of aliphatic hydroxyl groups excluding tert-OH is 1. The lowest BCUT2D eigenvalue weighted by atomic mass is 9.88. The first-order valence-electron chi connectivity index (χ1n) is 8.03. The molecule has 0 aromatic carbocycles. The summed E-state index contributed by atoms with van der Waals surface area (Å²) in [7, 11) is 0. The summed E-state index contributed by atoms with van der Waals surface area (Å²) in [5, 5.41) is 18.2. The highest BCUT2D eigenvalue weighted by Gasteiger charge is 2.35. The number of hydrogen-bond acceptors (Lipinski definition) is 3. The van der Waals surface area contributed by atoms with Crippen molar-refractivity contribution in [3.63, 3.8) is 0 Å². The Morgan fingerprint density at radius 1 is 1.35 bits per heavy atom. The van der Waals surface area contributed by atoms with Gasteiger partial charge in [0.25, 0.3) is 0 Å². The van der Waals surface area contributed by atoms with Gasteiger partial charge in [0, 0.05) is 31.5 Å². The summed E-state index contributed by atoms with van der Waals surface area (Å²) in [4.78, 5) is 0. The predicted octanol–water partition coefficient (Wildman–Crippen LogP) is 2.19. The van der Waals surface area contributed by atoms with Gasteiger partial charge in [0.05, 0.1) is 6.10 Å². The van der Waals surface area contributed by atoms with Crippen LogP contribution >= 0.6 is 0 Å². The Morgan fingerprint density at radius 2 is 2.15 bits per heavy atom. The zero-order valence-electron chi connectivity index (χ0n) is 12.5. The summed E-state index contributed by atoms with van der Waals surface area (Å²) in [6.45, 7) is 4.37. The van der Waals surface area contributed by atoms with E-state index >= 15 is 0 Å². The zero-order valence-corrected chi connectivity index (χ0v) is 12.5. The Kier molecular flexibility index (Phi) is 4.13. The molecule has 2 aliphatic carbocycles. The van der Waals surface area contributed by atoms with Crippen LogP contribution in [0.5, 0.6) is 0 Å². The van der Waals surface area contributed by atoms with Crippen LogP contribution < -0.4 is 5.32 Å². The minimum atomic E-state index is -0.194. The van der Waals surface area contributed by atoms with E-state index in [0.717, 1.165) is 25.9 Å². The quantitative estimate of drug-likeness (QED) is 0.867. The van der Waals surface area contributed by atoms with Crippen molar-refractivity contribution in [3.05, 3.63) is 18.5 Å². The summed E-state index contributed by atoms with van der Waals surface area (Å²) in [6, 6.07) is 2.23. The Balaban J connectivity index is 1.48. The van der Waals surface area contributed by atoms with Gasteiger partial charge in [0.15, 0.2) is 0 Å². The predicted molar refractivity (Wildman–Crippen MR) is 79.3 cm³/mol. The minimum Gasteiger partial charge on any atom is -0.391 e. The molecule has 0 saturated heterocycles. The molecular weight excluding hydrogens is 250 g/mol. The Morgan fingerprint density at radius 3 is 2.85 bits per heavy atom. The number of aliphatic hydroxyl groups is 1. The van der Waals surface area contributed by atoms with E-state index in [0.29, 0.717) is 11.3 Å². The molecular formula is C16H27N3O. The maximum Gasteiger partial charge on any atom is 0.0696 e. The standard InChI is InChI=1S/C16H27N3O/c1-16(5-2-3-6-16)12-17-14-9-13(10-15(14)20)11-19-8-4-7-18-19/h4,7-8,13-15,17,20H,2-3,5-6,9-12H2,1H3/t13?,14-,15-/m1/s1. The van der Waals surface area contributed by atoms with Gasteiger partial charge in [-0.25, -0.2) is 0 Å². The molecule has 20 heavy (non-hydrogen) atoms. The molecule has 1 unspecified atom stereocenters. The lowest BCUT2D eigenvalue weighted by molar-refractivity contribution is 0.138. The molecule has 1 aromatic rings. The van der Waals surface area contributed by atoms with Gasteiger partial charge in [-0.05, 0) is 43.1 Å². The molecule has 0 bridgehead atoms. The number of hydrogen-bond donors (Lipinski definition) is 2. The topological polar surface area (TPSA) is 50.1 Å². The highest BCUT2D eigenvalue weighted by molar-refractivity contribution is 4.92. The molecule has 0 amide bonds. The monoisotopic (exact) mass is 277 g/mol. The molecule has 3 atom stereocenters. The first-order chi connectivity index (χ1) is 9.65. The van der Waals surface area contributed by atoms with Crippen molar-refractivity contribution in [1.82, 2.24) is 15.1 Å². The highest BCUT2D eigenvalue weighted by atomic mass is 16.3. The zero-order chi connectivity index (χ0) is 14.0. The van der Waals surface area contributed by atoms with Crippen molar-refractivity contribution in [2.45, 2.75) is 64.1 Å². The maximum atomic E-state index is 10.3. The van der Waals surface area contributed by atoms with Crippen LogP contribution in [0.3, 0.4) is 0 Å². The fourth-order valence-electron chi connectivity index (χ4n) is 3.94. The average Bonchev–Trinajstić information content (AvgIpc) is 3.11. The first kappa shape index (κ1) is 14.1. The third kappa shape index (κ3) is 3.23. The smallest absolute Gasteiger partial charge is 0.0696 e. The maximum absolute atomic E-state index is 10.3. The molecule has 2 saturated carbocycles. The van der Waals surface area contributed by atoms with Crippen LogP contribution in [0.2, 0.25) is 0 Å². The largest absolute Gasteiger partial charge is 0.391 e. The van der Waals surface area contributed by atoms with E-state index in [-0.39, 0.29) is 12.1 Å². The van der Waals surface area contributed by atoms with E-state index in [1.165, 1.54) is 25.7 Å². The SMILES string of the molecule is CC1(CN[C@@H]2CC(Cn3cccn3)C[C@H]2O)CCCC1. The third-order valence-corrected chi connectivity index (χ3v) is 5.23. The molecule has 1 aromatic heterocycles. The van der Waals surface area contributed by atoms with Gasteiger partial charge in [-0.15, -0.1) is 0 Å². The normalized spacial score (nSPS) is 32.8. The molecule has 0 radical (unpaired) electrons. The Labute approximate surface area is 121 Å². The van der Waals surface area contributed by atoms with E-state index in [2.05, 4.69) is 17.3 Å². The van der Waals surface area contributed by atoms with Crippen LogP contribution in [0.15, 0.2) is 18.5 Å². The van der Waals surface area contributed by atoms with Gasteiger partial charge < -0.3 is 10.4 Å². The number of rotatable bonds is 5. The Bertz CT molecular complexity index is 411. The molecule has 3 rings (SSSR count). The van der Waals surface area contributed by atoms with Gasteiger partial charge in [-0.2, -0.15) is 5.10 Å². The van der Waals surface area contributed by atoms with Crippen molar-refractivity contribution in [1.29, 1.82) is 0 Å². The van der Waals surface area contributed by atoms with Crippen LogP contribution in [0.25, 0.3) is 0 Å². The average molecular weight is 277 g/mol. The van der Waals surface area contributed by atoms with E-state index in [9.17, 15) is 5.11 Å². The molecule has 1 heterocycles. The summed E-state index contributed by atoms with van der Waals surface area (Å²) in [6.07, 6.45) is 11.0. The molecule has 112 valence electrons. The van der Waals surface area contributed by atoms with Crippen molar-refractivity contribution in [2.75, 3.05) is 6.54 Å². The first-order valence-corrected chi connectivity index (χ1v) is 8.03. The van der Waals surface area contributed by atoms with Crippen LogP contribution in [0.1, 0.15) is 45.4 Å². The fourth-order valence-corrected chi connectivity index (χ4v) is 3.94. The second kappa shape index (κ2) is 5.86. The third-order valence-electron chi connectivity index (χ3n) is 5.23. The molecule has 0 aliphatic heterocycles. The highest BCUT2D eigenvalue weighted by Crippen LogP contribution is 2.37. The van der Waals surface area contributed by atoms with Gasteiger partial charge in [-0.1, -0.05) is 19.8 Å². The lowest BCUT2D eigenvalue weighted by Crippen LogP contribution is -2.41. The van der Waals surface area contributed by atoms with E-state index < -0.39 is 0 Å². The van der Waals surface area contributed by atoms with Crippen LogP contribution in [0.4, 0.5) is 0 Å². The van der Waals surface area contributed by atoms with Crippen molar-refractivity contribution in [3.8, 4) is 0 Å². The second-order valence-electron chi connectivity index (χ2n) is 7.14. The lowest BCUT2D eigenvalue weighted by Gasteiger charge is -2.27. The summed E-state index contributed by atoms with van der Waals surface area (Å²) >= 11 is 0. The minimum absolute atomic E-state index is 0.194. The fraction of sp³-hybridized carbons (Fsp3) is 0.812. The molecule has 4 nitrogen and oxygen atoms in total. The van der Waals surface area contributed by atoms with Crippen molar-refractivity contribution >= 4 is 0 Å². The molecule has 0 spiro atoms. The summed E-state index contributed by atoms with van der Waals surface area (Å²) < 4.78 is 1.98. The summed E-state index contributed by atoms with van der Waals surface area (Å²) in [5.41, 5.74) is 0.458. The van der Waals surface area contributed by atoms with Gasteiger partial charge >= 0.3 is 0 Å². The molecule has 2 N–H and O–H groups in total. The summed E-state index contributed by atoms with van der Waals surface area (Å²) in [5.74, 6) is 0.541. The van der Waals surface area contributed by atoms with E-state index in [1.54, 1.807) is 0 Å². The number of nitrogens with one attached hydrogen (secondary N) is 1. The van der Waals surface area contributed by atoms with Crippen molar-refractivity contribution in [2.24, 2.45) is 11.3 Å². The van der Waals surface area contributed by atoms with Crippen LogP contribution in [0, 0.1) is 11.3 Å². The van der Waals surface area contributed by atoms with Gasteiger partial charge in [-0.3, -0.25) is 4.68 Å². The number of aromatic nitrogens is 2. The molecule has 4 heteroatoms. The molecule has 2 aliphatic rings. The van der Waals surface area contributed by atoms with E-state index in [1.807, 2.05) is 23.1 Å². The van der Waals surface area contributed by atoms with E-state index in [4.69, 9.17) is 0 Å². The number of nitrogens with zero attached hydrogens (tertiary/aromatic N) is 2. The van der Waals surface area contributed by atoms with Crippen LogP contribution in [-0.2, 0) is 6.54 Å². The van der Waals surface area contributed by atoms with Gasteiger partial charge in [0.2, 0.25) is 0 Å². The van der Waals surface area contributed by atoms with Crippen LogP contribution in [-0.4, -0.2) is 33.6 Å². The molecule has 2 fully saturated rings. The Hall–Kier alpha value is -0.870. The van der Waals surface area contributed by atoms with Gasteiger partial charge in [0.1, 0.15) is 0 Å². The second-order valence-corrected chi connectivity index (χ2v) is 7.14. The van der Waals surface area contributed by atoms with Crippen molar-refractivity contribution < 1.29 is 5.11 Å².